The van der Waals surface area contributed by atoms with Crippen LogP contribution in [0.2, 0.25) is 0 Å². The van der Waals surface area contributed by atoms with Gasteiger partial charge in [0.1, 0.15) is 6.33 Å². The van der Waals surface area contributed by atoms with Crippen LogP contribution in [0.4, 0.5) is 16.2 Å². The molecule has 7 heteroatoms. The van der Waals surface area contributed by atoms with Crippen molar-refractivity contribution in [3.8, 4) is 0 Å². The average molecular weight is 342 g/mol. The lowest BCUT2D eigenvalue weighted by Crippen LogP contribution is -2.39. The van der Waals surface area contributed by atoms with Crippen LogP contribution in [0.3, 0.4) is 0 Å². The molecular weight excluding hydrogens is 319 g/mol. The van der Waals surface area contributed by atoms with E-state index in [1.54, 1.807) is 12.4 Å². The normalized spacial score (nSPS) is 18.4. The summed E-state index contributed by atoms with van der Waals surface area (Å²) in [5.41, 5.74) is 0.591. The third-order valence-corrected chi connectivity index (χ3v) is 5.11. The monoisotopic (exact) mass is 342 g/mol. The maximum absolute atomic E-state index is 14.7. The van der Waals surface area contributed by atoms with E-state index in [1.165, 1.54) is 6.33 Å². The van der Waals surface area contributed by atoms with E-state index in [0.717, 1.165) is 51.3 Å². The number of hydrogen-bond donors (Lipinski definition) is 0. The van der Waals surface area contributed by atoms with Crippen LogP contribution in [0.5, 0.6) is 0 Å². The molecule has 2 aromatic rings. The number of nitrogens with zero attached hydrogens (tertiary/aromatic N) is 6. The summed E-state index contributed by atoms with van der Waals surface area (Å²) >= 11 is 0. The molecule has 4 rings (SSSR count). The maximum atomic E-state index is 14.7. The molecule has 0 spiro atoms. The minimum Gasteiger partial charge on any atom is -0.357 e. The second kappa shape index (κ2) is 6.90. The summed E-state index contributed by atoms with van der Waals surface area (Å²) < 4.78 is 14.7. The predicted molar refractivity (Wildman–Crippen MR) is 94.2 cm³/mol. The van der Waals surface area contributed by atoms with Gasteiger partial charge in [0.15, 0.2) is 11.6 Å². The molecule has 0 amide bonds. The van der Waals surface area contributed by atoms with E-state index < -0.39 is 0 Å². The largest absolute Gasteiger partial charge is 0.357 e. The van der Waals surface area contributed by atoms with E-state index in [-0.39, 0.29) is 5.82 Å². The van der Waals surface area contributed by atoms with Gasteiger partial charge in [-0.3, -0.25) is 0 Å². The van der Waals surface area contributed by atoms with Crippen molar-refractivity contribution in [2.24, 2.45) is 5.92 Å². The molecular formula is C18H23FN6. The first-order chi connectivity index (χ1) is 12.2. The van der Waals surface area contributed by atoms with Crippen molar-refractivity contribution in [1.29, 1.82) is 0 Å². The fourth-order valence-corrected chi connectivity index (χ4v) is 3.52. The molecule has 2 aromatic heterocycles. The first kappa shape index (κ1) is 16.2. The molecule has 1 saturated heterocycles. The molecule has 2 aliphatic rings. The predicted octanol–water partition coefficient (Wildman–Crippen LogP) is 2.64. The Kier molecular flexibility index (Phi) is 4.46. The molecule has 2 fully saturated rings. The fraction of sp³-hybridized carbons (Fsp3) is 0.556. The van der Waals surface area contributed by atoms with E-state index >= 15 is 0 Å². The summed E-state index contributed by atoms with van der Waals surface area (Å²) in [6, 6.07) is 1.83. The molecule has 0 aromatic carbocycles. The van der Waals surface area contributed by atoms with E-state index in [2.05, 4.69) is 24.8 Å². The third kappa shape index (κ3) is 3.55. The van der Waals surface area contributed by atoms with Gasteiger partial charge < -0.3 is 9.80 Å². The second-order valence-corrected chi connectivity index (χ2v) is 7.03. The maximum Gasteiger partial charge on any atom is 0.225 e. The Hall–Kier alpha value is -2.31. The van der Waals surface area contributed by atoms with Crippen LogP contribution in [-0.4, -0.2) is 46.6 Å². The van der Waals surface area contributed by atoms with Crippen molar-refractivity contribution in [2.75, 3.05) is 36.5 Å². The molecule has 3 heterocycles. The van der Waals surface area contributed by atoms with Crippen molar-refractivity contribution >= 4 is 11.8 Å². The van der Waals surface area contributed by atoms with Crippen molar-refractivity contribution in [3.05, 3.63) is 36.3 Å². The SMILES string of the molecule is CN(CC1CCN(c2ncccn2)CC1)c1ncnc(C2CC2)c1F. The summed E-state index contributed by atoms with van der Waals surface area (Å²) in [4.78, 5) is 21.1. The average Bonchev–Trinajstić information content (AvgIpc) is 3.48. The lowest BCUT2D eigenvalue weighted by Gasteiger charge is -2.34. The first-order valence-electron chi connectivity index (χ1n) is 8.96. The molecule has 0 atom stereocenters. The fourth-order valence-electron chi connectivity index (χ4n) is 3.52. The van der Waals surface area contributed by atoms with Crippen LogP contribution in [0, 0.1) is 11.7 Å². The lowest BCUT2D eigenvalue weighted by atomic mass is 9.96. The van der Waals surface area contributed by atoms with Gasteiger partial charge in [0, 0.05) is 45.0 Å². The zero-order valence-corrected chi connectivity index (χ0v) is 14.5. The van der Waals surface area contributed by atoms with Crippen LogP contribution in [0.1, 0.15) is 37.3 Å². The van der Waals surface area contributed by atoms with Crippen LogP contribution < -0.4 is 9.80 Å². The lowest BCUT2D eigenvalue weighted by molar-refractivity contribution is 0.403. The molecule has 1 aliphatic carbocycles. The Bertz CT molecular complexity index is 713. The van der Waals surface area contributed by atoms with Crippen molar-refractivity contribution < 1.29 is 4.39 Å². The zero-order chi connectivity index (χ0) is 17.2. The highest BCUT2D eigenvalue weighted by Crippen LogP contribution is 2.41. The Morgan fingerprint density at radius 3 is 2.48 bits per heavy atom. The molecule has 0 radical (unpaired) electrons. The summed E-state index contributed by atoms with van der Waals surface area (Å²) in [6.07, 6.45) is 9.22. The van der Waals surface area contributed by atoms with E-state index in [0.29, 0.717) is 23.3 Å². The van der Waals surface area contributed by atoms with E-state index in [1.807, 2.05) is 18.0 Å². The highest BCUT2D eigenvalue weighted by Gasteiger charge is 2.31. The van der Waals surface area contributed by atoms with Crippen LogP contribution in [0.15, 0.2) is 24.8 Å². The van der Waals surface area contributed by atoms with Gasteiger partial charge in [-0.25, -0.2) is 24.3 Å². The van der Waals surface area contributed by atoms with Gasteiger partial charge in [-0.05, 0) is 37.7 Å². The van der Waals surface area contributed by atoms with Gasteiger partial charge in [-0.1, -0.05) is 0 Å². The summed E-state index contributed by atoms with van der Waals surface area (Å²) in [5, 5.41) is 0. The summed E-state index contributed by atoms with van der Waals surface area (Å²) in [5.74, 6) is 1.81. The van der Waals surface area contributed by atoms with Gasteiger partial charge in [0.2, 0.25) is 5.95 Å². The highest BCUT2D eigenvalue weighted by atomic mass is 19.1. The number of halogens is 1. The van der Waals surface area contributed by atoms with Crippen molar-refractivity contribution in [1.82, 2.24) is 19.9 Å². The number of aromatic nitrogens is 4. The minimum absolute atomic E-state index is 0.234. The summed E-state index contributed by atoms with van der Waals surface area (Å²) in [6.45, 7) is 2.67. The third-order valence-electron chi connectivity index (χ3n) is 5.11. The topological polar surface area (TPSA) is 58.0 Å². The quantitative estimate of drug-likeness (QED) is 0.832. The molecule has 0 bridgehead atoms. The van der Waals surface area contributed by atoms with Crippen LogP contribution in [0.25, 0.3) is 0 Å². The minimum atomic E-state index is -0.234. The molecule has 6 nitrogen and oxygen atoms in total. The van der Waals surface area contributed by atoms with Gasteiger partial charge in [0.05, 0.1) is 5.69 Å². The van der Waals surface area contributed by atoms with Gasteiger partial charge in [0.25, 0.3) is 0 Å². The Labute approximate surface area is 147 Å². The van der Waals surface area contributed by atoms with Crippen molar-refractivity contribution in [2.45, 2.75) is 31.6 Å². The molecule has 0 N–H and O–H groups in total. The highest BCUT2D eigenvalue weighted by molar-refractivity contribution is 5.42. The van der Waals surface area contributed by atoms with Crippen molar-refractivity contribution in [3.63, 3.8) is 0 Å². The van der Waals surface area contributed by atoms with Gasteiger partial charge in [-0.2, -0.15) is 0 Å². The van der Waals surface area contributed by atoms with Crippen LogP contribution in [-0.2, 0) is 0 Å². The first-order valence-corrected chi connectivity index (χ1v) is 8.96. The number of piperidine rings is 1. The second-order valence-electron chi connectivity index (χ2n) is 7.03. The molecule has 0 unspecified atom stereocenters. The van der Waals surface area contributed by atoms with Gasteiger partial charge in [-0.15, -0.1) is 0 Å². The molecule has 132 valence electrons. The Morgan fingerprint density at radius 2 is 1.80 bits per heavy atom. The zero-order valence-electron chi connectivity index (χ0n) is 14.5. The van der Waals surface area contributed by atoms with Gasteiger partial charge >= 0.3 is 0 Å². The standard InChI is InChI=1S/C18H23FN6/c1-24(17-15(19)16(14-3-4-14)22-12-23-17)11-13-5-9-25(10-6-13)18-20-7-2-8-21-18/h2,7-8,12-14H,3-6,9-11H2,1H3. The van der Waals surface area contributed by atoms with E-state index in [4.69, 9.17) is 0 Å². The summed E-state index contributed by atoms with van der Waals surface area (Å²) in [7, 11) is 1.93. The van der Waals surface area contributed by atoms with Crippen LogP contribution >= 0.6 is 0 Å². The molecule has 25 heavy (non-hydrogen) atoms. The molecule has 1 saturated carbocycles. The molecule has 1 aliphatic heterocycles. The number of hydrogen-bond acceptors (Lipinski definition) is 6. The Morgan fingerprint density at radius 1 is 1.08 bits per heavy atom. The van der Waals surface area contributed by atoms with E-state index in [9.17, 15) is 4.39 Å². The number of rotatable bonds is 5. The Balaban J connectivity index is 1.36. The number of anilines is 2. The smallest absolute Gasteiger partial charge is 0.225 e.